The third-order valence-electron chi connectivity index (χ3n) is 2.78. The molecule has 2 aromatic rings. The molecule has 0 saturated heterocycles. The maximum atomic E-state index is 11.4. The van der Waals surface area contributed by atoms with Gasteiger partial charge in [-0.1, -0.05) is 40.9 Å². The zero-order valence-corrected chi connectivity index (χ0v) is 17.8. The number of pyridine rings is 1. The first-order valence-electron chi connectivity index (χ1n) is 6.12. The van der Waals surface area contributed by atoms with Crippen LogP contribution in [0.1, 0.15) is 19.0 Å². The van der Waals surface area contributed by atoms with Gasteiger partial charge in [-0.15, -0.1) is 0 Å². The van der Waals surface area contributed by atoms with Crippen molar-refractivity contribution in [1.29, 1.82) is 0 Å². The summed E-state index contributed by atoms with van der Waals surface area (Å²) >= 11 is 18.5. The summed E-state index contributed by atoms with van der Waals surface area (Å²) < 4.78 is 4.88. The Morgan fingerprint density at radius 2 is 1.95 bits per heavy atom. The molecule has 0 aliphatic heterocycles. The predicted molar refractivity (Wildman–Crippen MR) is 90.3 cm³/mol. The second kappa shape index (κ2) is 8.41. The summed E-state index contributed by atoms with van der Waals surface area (Å²) in [6.45, 7) is 2.12. The Balaban J connectivity index is 0.00000220. The van der Waals surface area contributed by atoms with Crippen LogP contribution < -0.4 is 0 Å². The minimum absolute atomic E-state index is 0. The van der Waals surface area contributed by atoms with Gasteiger partial charge in [-0.2, -0.15) is 0 Å². The number of halogens is 3. The quantitative estimate of drug-likeness (QED) is 0.523. The average molecular weight is 453 g/mol. The van der Waals surface area contributed by atoms with Crippen molar-refractivity contribution in [2.45, 2.75) is 19.8 Å². The summed E-state index contributed by atoms with van der Waals surface area (Å²) in [5.74, 6) is -0.285. The van der Waals surface area contributed by atoms with E-state index in [0.717, 1.165) is 0 Å². The maximum absolute atomic E-state index is 11.4. The van der Waals surface area contributed by atoms with E-state index in [1.807, 2.05) is 0 Å². The summed E-state index contributed by atoms with van der Waals surface area (Å²) in [7, 11) is 0. The molecule has 1 aromatic heterocycles. The fraction of sp³-hybridized carbons (Fsp3) is 0.286. The van der Waals surface area contributed by atoms with Crippen LogP contribution in [-0.2, 0) is 16.0 Å². The fourth-order valence-electron chi connectivity index (χ4n) is 1.87. The van der Waals surface area contributed by atoms with Gasteiger partial charge in [0.05, 0.1) is 39.3 Å². The molecule has 2 radical (unpaired) electrons. The van der Waals surface area contributed by atoms with Crippen LogP contribution >= 0.6 is 34.8 Å². The van der Waals surface area contributed by atoms with Gasteiger partial charge in [-0.05, 0) is 19.1 Å². The van der Waals surface area contributed by atoms with Gasteiger partial charge in [-0.3, -0.25) is 9.78 Å². The number of nitrogens with zero attached hydrogens (tertiary/aromatic N) is 1. The Kier molecular flexibility index (Phi) is 7.54. The number of esters is 1. The fourth-order valence-corrected chi connectivity index (χ4v) is 2.72. The Morgan fingerprint density at radius 3 is 2.62 bits per heavy atom. The molecule has 21 heavy (non-hydrogen) atoms. The number of ether oxygens (including phenoxy) is 1. The number of carbonyl (C=O) groups is 1. The second-order valence-electron chi connectivity index (χ2n) is 4.13. The molecule has 0 unspecified atom stereocenters. The Morgan fingerprint density at radius 1 is 1.24 bits per heavy atom. The molecule has 112 valence electrons. The normalized spacial score (nSPS) is 10.3. The van der Waals surface area contributed by atoms with E-state index >= 15 is 0 Å². The van der Waals surface area contributed by atoms with E-state index < -0.39 is 0 Å². The van der Waals surface area contributed by atoms with Gasteiger partial charge >= 0.3 is 29.9 Å². The SMILES string of the molecule is CCOC(=O)CCc1nc2cccc(Cl)c2c(Cl)c1Cl.[SnH2]. The number of rotatable bonds is 4. The van der Waals surface area contributed by atoms with Crippen molar-refractivity contribution < 1.29 is 9.53 Å². The predicted octanol–water partition coefficient (Wildman–Crippen LogP) is 3.77. The molecule has 7 heteroatoms. The van der Waals surface area contributed by atoms with E-state index in [9.17, 15) is 4.79 Å². The van der Waals surface area contributed by atoms with Crippen molar-refractivity contribution in [3.05, 3.63) is 39.0 Å². The Labute approximate surface area is 154 Å². The van der Waals surface area contributed by atoms with Crippen molar-refractivity contribution >= 4 is 75.6 Å². The molecule has 0 spiro atoms. The van der Waals surface area contributed by atoms with Gasteiger partial charge in [0.25, 0.3) is 0 Å². The first-order valence-corrected chi connectivity index (χ1v) is 7.25. The molecular weight excluding hydrogens is 439 g/mol. The van der Waals surface area contributed by atoms with Crippen LogP contribution in [0.25, 0.3) is 10.9 Å². The van der Waals surface area contributed by atoms with Gasteiger partial charge < -0.3 is 4.74 Å². The van der Waals surface area contributed by atoms with Crippen LogP contribution in [0.2, 0.25) is 15.1 Å². The Hall–Kier alpha value is -0.231. The molecule has 0 fully saturated rings. The molecule has 0 atom stereocenters. The number of benzene rings is 1. The topological polar surface area (TPSA) is 39.2 Å². The van der Waals surface area contributed by atoms with Crippen molar-refractivity contribution in [1.82, 2.24) is 4.98 Å². The summed E-state index contributed by atoms with van der Waals surface area (Å²) in [5, 5.41) is 1.82. The van der Waals surface area contributed by atoms with Gasteiger partial charge in [0.1, 0.15) is 0 Å². The second-order valence-corrected chi connectivity index (χ2v) is 5.29. The zero-order chi connectivity index (χ0) is 14.7. The molecule has 0 saturated carbocycles. The monoisotopic (exact) mass is 453 g/mol. The van der Waals surface area contributed by atoms with E-state index in [1.165, 1.54) is 0 Å². The summed E-state index contributed by atoms with van der Waals surface area (Å²) in [5.41, 5.74) is 1.23. The minimum atomic E-state index is -0.285. The van der Waals surface area contributed by atoms with Crippen molar-refractivity contribution in [3.8, 4) is 0 Å². The number of hydrogen-bond donors (Lipinski definition) is 0. The van der Waals surface area contributed by atoms with E-state index in [1.54, 1.807) is 25.1 Å². The number of carbonyl (C=O) groups excluding carboxylic acids is 1. The van der Waals surface area contributed by atoms with E-state index in [0.29, 0.717) is 44.7 Å². The third-order valence-corrected chi connectivity index (χ3v) is 3.98. The number of fused-ring (bicyclic) bond motifs is 1. The van der Waals surface area contributed by atoms with E-state index in [-0.39, 0.29) is 36.3 Å². The van der Waals surface area contributed by atoms with Gasteiger partial charge in [0.15, 0.2) is 0 Å². The number of aryl methyl sites for hydroxylation is 1. The molecule has 1 heterocycles. The molecule has 1 aromatic carbocycles. The van der Waals surface area contributed by atoms with Crippen molar-refractivity contribution in [2.24, 2.45) is 0 Å². The third kappa shape index (κ3) is 4.38. The van der Waals surface area contributed by atoms with Crippen LogP contribution in [0.4, 0.5) is 0 Å². The van der Waals surface area contributed by atoms with Crippen LogP contribution in [0.3, 0.4) is 0 Å². The Bertz CT molecular complexity index is 664. The standard InChI is InChI=1S/C14H12Cl3NO2.Sn.2H/c1-2-20-11(19)7-6-10-13(16)14(17)12-8(15)4-3-5-9(12)18-10;;;/h3-5H,2,6-7H2,1H3;;;. The molecule has 0 aliphatic carbocycles. The molecule has 0 amide bonds. The van der Waals surface area contributed by atoms with Gasteiger partial charge in [0, 0.05) is 11.8 Å². The zero-order valence-electron chi connectivity index (χ0n) is 11.5. The number of aromatic nitrogens is 1. The average Bonchev–Trinajstić information content (AvgIpc) is 2.41. The summed E-state index contributed by atoms with van der Waals surface area (Å²) in [4.78, 5) is 15.8. The summed E-state index contributed by atoms with van der Waals surface area (Å²) in [6.07, 6.45) is 0.586. The van der Waals surface area contributed by atoms with Crippen LogP contribution in [0.5, 0.6) is 0 Å². The molecule has 2 rings (SSSR count). The van der Waals surface area contributed by atoms with E-state index in [4.69, 9.17) is 39.5 Å². The van der Waals surface area contributed by atoms with Crippen molar-refractivity contribution in [2.75, 3.05) is 6.61 Å². The molecule has 0 bridgehead atoms. The van der Waals surface area contributed by atoms with Crippen molar-refractivity contribution in [3.63, 3.8) is 0 Å². The van der Waals surface area contributed by atoms with Gasteiger partial charge in [-0.25, -0.2) is 0 Å². The summed E-state index contributed by atoms with van der Waals surface area (Å²) in [6, 6.07) is 5.32. The van der Waals surface area contributed by atoms with Crippen LogP contribution in [-0.4, -0.2) is 41.5 Å². The number of hydrogen-bond acceptors (Lipinski definition) is 3. The van der Waals surface area contributed by atoms with Crippen LogP contribution in [0, 0.1) is 0 Å². The molecular formula is C14H14Cl3NO2Sn. The first kappa shape index (κ1) is 18.8. The molecule has 0 N–H and O–H groups in total. The molecule has 0 aliphatic rings. The first-order chi connectivity index (χ1) is 9.54. The van der Waals surface area contributed by atoms with Gasteiger partial charge in [0.2, 0.25) is 0 Å². The van der Waals surface area contributed by atoms with Crippen LogP contribution in [0.15, 0.2) is 18.2 Å². The molecule has 3 nitrogen and oxygen atoms in total. The van der Waals surface area contributed by atoms with E-state index in [2.05, 4.69) is 4.98 Å².